The SMILES string of the molecule is C[C]1([Ti]([CH3])([CH3])[CH3])C=CC=C1C[Si](C)(C)C. The van der Waals surface area contributed by atoms with Crippen molar-refractivity contribution in [2.45, 2.75) is 52.0 Å². The van der Waals surface area contributed by atoms with Crippen LogP contribution in [0.15, 0.2) is 23.8 Å². The molecule has 0 aromatic rings. The molecular formula is C13H26SiTi. The monoisotopic (exact) mass is 258 g/mol. The van der Waals surface area contributed by atoms with Crippen molar-refractivity contribution in [2.75, 3.05) is 0 Å². The molecule has 1 aliphatic rings. The maximum atomic E-state index is 2.54. The van der Waals surface area contributed by atoms with Crippen LogP contribution in [0.1, 0.15) is 6.92 Å². The second kappa shape index (κ2) is 4.01. The van der Waals surface area contributed by atoms with E-state index in [0.29, 0.717) is 3.72 Å². The van der Waals surface area contributed by atoms with Crippen LogP contribution in [0.3, 0.4) is 0 Å². The van der Waals surface area contributed by atoms with Gasteiger partial charge in [0.1, 0.15) is 0 Å². The van der Waals surface area contributed by atoms with E-state index >= 15 is 0 Å². The van der Waals surface area contributed by atoms with Crippen molar-refractivity contribution in [3.05, 3.63) is 23.8 Å². The summed E-state index contributed by atoms with van der Waals surface area (Å²) in [4.78, 5) is 0. The van der Waals surface area contributed by atoms with Crippen molar-refractivity contribution in [3.8, 4) is 0 Å². The first kappa shape index (κ1) is 13.5. The van der Waals surface area contributed by atoms with Crippen LogP contribution in [0.4, 0.5) is 0 Å². The third kappa shape index (κ3) is 2.95. The molecule has 0 heterocycles. The van der Waals surface area contributed by atoms with Crippen molar-refractivity contribution in [3.63, 3.8) is 0 Å². The Morgan fingerprint density at radius 3 is 2.13 bits per heavy atom. The molecule has 0 spiro atoms. The van der Waals surface area contributed by atoms with Crippen LogP contribution in [-0.4, -0.2) is 8.07 Å². The van der Waals surface area contributed by atoms with Crippen LogP contribution in [0.25, 0.3) is 0 Å². The Bertz CT molecular complexity index is 301. The van der Waals surface area contributed by atoms with Gasteiger partial charge in [0.25, 0.3) is 0 Å². The first-order valence-electron chi connectivity index (χ1n) is 5.95. The van der Waals surface area contributed by atoms with Crippen LogP contribution in [-0.2, 0) is 16.6 Å². The molecule has 0 aliphatic heterocycles. The predicted molar refractivity (Wildman–Crippen MR) is 71.3 cm³/mol. The maximum absolute atomic E-state index is 2.54. The van der Waals surface area contributed by atoms with E-state index in [4.69, 9.17) is 0 Å². The molecule has 0 nitrogen and oxygen atoms in total. The molecule has 1 aliphatic carbocycles. The number of hydrogen-bond acceptors (Lipinski definition) is 0. The standard InChI is InChI=1S/C10H17Si.3CH3.Ti/c1-9-6-5-7-10(9)8-11(2,3)4;;;;/h5-7H,8H2,1-4H3;3*1H3;. The minimum absolute atomic E-state index is 0.459. The quantitative estimate of drug-likeness (QED) is 0.603. The van der Waals surface area contributed by atoms with E-state index in [0.717, 1.165) is 0 Å². The molecule has 0 aromatic carbocycles. The summed E-state index contributed by atoms with van der Waals surface area (Å²) in [5.74, 6) is 0. The van der Waals surface area contributed by atoms with Crippen LogP contribution >= 0.6 is 0 Å². The zero-order chi connectivity index (χ0) is 11.9. The predicted octanol–water partition coefficient (Wildman–Crippen LogP) is 5.30. The Morgan fingerprint density at radius 1 is 1.20 bits per heavy atom. The van der Waals surface area contributed by atoms with Crippen molar-refractivity contribution < 1.29 is 16.6 Å². The van der Waals surface area contributed by atoms with Crippen molar-refractivity contribution in [1.29, 1.82) is 0 Å². The molecule has 0 fully saturated rings. The van der Waals surface area contributed by atoms with Gasteiger partial charge in [-0.1, -0.05) is 0 Å². The Hall–Kier alpha value is 0.411. The van der Waals surface area contributed by atoms with Crippen LogP contribution in [0, 0.1) is 0 Å². The van der Waals surface area contributed by atoms with E-state index in [-0.39, 0.29) is 0 Å². The van der Waals surface area contributed by atoms with Gasteiger partial charge in [-0.3, -0.25) is 0 Å². The van der Waals surface area contributed by atoms with Gasteiger partial charge in [-0.2, -0.15) is 0 Å². The molecule has 0 radical (unpaired) electrons. The van der Waals surface area contributed by atoms with Crippen LogP contribution < -0.4 is 0 Å². The van der Waals surface area contributed by atoms with E-state index < -0.39 is 24.7 Å². The Morgan fingerprint density at radius 2 is 1.73 bits per heavy atom. The molecule has 0 amide bonds. The fourth-order valence-electron chi connectivity index (χ4n) is 2.18. The topological polar surface area (TPSA) is 0 Å². The fourth-order valence-corrected chi connectivity index (χ4v) is 6.79. The van der Waals surface area contributed by atoms with Crippen molar-refractivity contribution in [1.82, 2.24) is 0 Å². The summed E-state index contributed by atoms with van der Waals surface area (Å²) < 4.78 is 0.459. The summed E-state index contributed by atoms with van der Waals surface area (Å²) in [6, 6.07) is 1.37. The van der Waals surface area contributed by atoms with E-state index in [1.165, 1.54) is 6.04 Å². The Kier molecular flexibility index (Phi) is 3.61. The van der Waals surface area contributed by atoms with Crippen molar-refractivity contribution >= 4 is 8.07 Å². The van der Waals surface area contributed by atoms with Gasteiger partial charge in [0, 0.05) is 0 Å². The molecule has 1 atom stereocenters. The molecular weight excluding hydrogens is 232 g/mol. The van der Waals surface area contributed by atoms with Gasteiger partial charge in [-0.15, -0.1) is 0 Å². The minimum atomic E-state index is -1.66. The third-order valence-corrected chi connectivity index (χ3v) is 10.7. The van der Waals surface area contributed by atoms with Gasteiger partial charge in [0.05, 0.1) is 0 Å². The molecule has 1 rings (SSSR count). The first-order chi connectivity index (χ1) is 6.56. The van der Waals surface area contributed by atoms with E-state index in [1.807, 2.05) is 0 Å². The molecule has 0 aromatic heterocycles. The summed E-state index contributed by atoms with van der Waals surface area (Å²) in [7, 11) is -0.968. The van der Waals surface area contributed by atoms with E-state index in [9.17, 15) is 0 Å². The average Bonchev–Trinajstić information content (AvgIpc) is 2.29. The second-order valence-electron chi connectivity index (χ2n) is 7.24. The summed E-state index contributed by atoms with van der Waals surface area (Å²) in [5.41, 5.74) is 1.73. The average molecular weight is 258 g/mol. The molecule has 0 saturated heterocycles. The number of rotatable bonds is 3. The van der Waals surface area contributed by atoms with Crippen molar-refractivity contribution in [2.24, 2.45) is 0 Å². The zero-order valence-corrected chi connectivity index (χ0v) is 14.0. The number of allylic oxidation sites excluding steroid dienone is 4. The number of hydrogen-bond donors (Lipinski definition) is 0. The molecule has 0 N–H and O–H groups in total. The normalized spacial score (nSPS) is 27.0. The summed E-state index contributed by atoms with van der Waals surface area (Å²) in [6.07, 6.45) is 7.17. The van der Waals surface area contributed by atoms with Crippen LogP contribution in [0.2, 0.25) is 45.1 Å². The third-order valence-electron chi connectivity index (χ3n) is 3.67. The van der Waals surface area contributed by atoms with Gasteiger partial charge in [0.2, 0.25) is 0 Å². The second-order valence-corrected chi connectivity index (χ2v) is 21.4. The molecule has 1 unspecified atom stereocenters. The zero-order valence-electron chi connectivity index (χ0n) is 11.4. The van der Waals surface area contributed by atoms with Gasteiger partial charge in [0.15, 0.2) is 0 Å². The molecule has 15 heavy (non-hydrogen) atoms. The molecule has 0 bridgehead atoms. The van der Waals surface area contributed by atoms with Gasteiger partial charge in [-0.25, -0.2) is 0 Å². The molecule has 86 valence electrons. The summed E-state index contributed by atoms with van der Waals surface area (Å²) in [6.45, 7) is 9.90. The van der Waals surface area contributed by atoms with Gasteiger partial charge in [-0.05, 0) is 0 Å². The van der Waals surface area contributed by atoms with Crippen LogP contribution in [0.5, 0.6) is 0 Å². The summed E-state index contributed by atoms with van der Waals surface area (Å²) >= 11 is -1.66. The molecule has 2 heteroatoms. The Labute approximate surface area is 100 Å². The van der Waals surface area contributed by atoms with E-state index in [2.05, 4.69) is 60.5 Å². The van der Waals surface area contributed by atoms with Gasteiger partial charge < -0.3 is 0 Å². The first-order valence-corrected chi connectivity index (χ1v) is 15.1. The van der Waals surface area contributed by atoms with E-state index in [1.54, 1.807) is 5.57 Å². The molecule has 0 saturated carbocycles. The fraction of sp³-hybridized carbons (Fsp3) is 0.692. The summed E-state index contributed by atoms with van der Waals surface area (Å²) in [5, 5.41) is 7.61. The Balaban J connectivity index is 2.94. The van der Waals surface area contributed by atoms with Gasteiger partial charge >= 0.3 is 100 Å².